The lowest BCUT2D eigenvalue weighted by Crippen LogP contribution is -2.39. The Morgan fingerprint density at radius 1 is 1.19 bits per heavy atom. The molecule has 27 heavy (non-hydrogen) atoms. The molecule has 0 bridgehead atoms. The number of aryl methyl sites for hydroxylation is 2. The van der Waals surface area contributed by atoms with Gasteiger partial charge in [-0.05, 0) is 69.3 Å². The van der Waals surface area contributed by atoms with E-state index in [9.17, 15) is 4.79 Å². The molecule has 5 nitrogen and oxygen atoms in total. The number of benzene rings is 1. The number of piperidine rings is 1. The summed E-state index contributed by atoms with van der Waals surface area (Å²) in [5.74, 6) is 1.56. The van der Waals surface area contributed by atoms with E-state index >= 15 is 0 Å². The number of carbonyl (C=O) groups excluding carboxylic acids is 1. The smallest absolute Gasteiger partial charge is 0.222 e. The van der Waals surface area contributed by atoms with Crippen LogP contribution in [-0.4, -0.2) is 52.2 Å². The molecule has 2 aliphatic rings. The summed E-state index contributed by atoms with van der Waals surface area (Å²) < 4.78 is 2.02. The number of fused-ring (bicyclic) bond motifs is 1. The van der Waals surface area contributed by atoms with Crippen LogP contribution in [0.1, 0.15) is 36.2 Å². The molecule has 3 atom stereocenters. The fourth-order valence-corrected chi connectivity index (χ4v) is 4.94. The van der Waals surface area contributed by atoms with Gasteiger partial charge in [0, 0.05) is 38.3 Å². The van der Waals surface area contributed by atoms with E-state index in [0.717, 1.165) is 43.0 Å². The Kier molecular flexibility index (Phi) is 4.81. The van der Waals surface area contributed by atoms with Crippen molar-refractivity contribution in [2.24, 2.45) is 11.8 Å². The van der Waals surface area contributed by atoms with Gasteiger partial charge >= 0.3 is 0 Å². The van der Waals surface area contributed by atoms with E-state index in [1.165, 1.54) is 12.0 Å². The lowest BCUT2D eigenvalue weighted by atomic mass is 9.88. The number of hydrogen-bond acceptors (Lipinski definition) is 3. The van der Waals surface area contributed by atoms with Gasteiger partial charge in [0.2, 0.25) is 5.91 Å². The lowest BCUT2D eigenvalue weighted by Gasteiger charge is -2.31. The van der Waals surface area contributed by atoms with Crippen LogP contribution in [0.15, 0.2) is 30.3 Å². The predicted octanol–water partition coefficient (Wildman–Crippen LogP) is 3.18. The zero-order chi connectivity index (χ0) is 19.1. The van der Waals surface area contributed by atoms with E-state index in [-0.39, 0.29) is 0 Å². The minimum Gasteiger partial charge on any atom is -0.345 e. The molecule has 1 aromatic heterocycles. The molecule has 0 spiro atoms. The van der Waals surface area contributed by atoms with E-state index in [4.69, 9.17) is 0 Å². The second kappa shape index (κ2) is 7.12. The largest absolute Gasteiger partial charge is 0.345 e. The molecule has 1 aromatic carbocycles. The maximum atomic E-state index is 12.0. The summed E-state index contributed by atoms with van der Waals surface area (Å²) in [7, 11) is 4.17. The van der Waals surface area contributed by atoms with Gasteiger partial charge in [0.05, 0.1) is 11.4 Å². The Balaban J connectivity index is 1.44. The highest BCUT2D eigenvalue weighted by Gasteiger charge is 2.41. The van der Waals surface area contributed by atoms with E-state index in [1.807, 2.05) is 23.6 Å². The Bertz CT molecular complexity index is 843. The number of rotatable bonds is 4. The van der Waals surface area contributed by atoms with Crippen LogP contribution in [0, 0.1) is 25.7 Å². The van der Waals surface area contributed by atoms with Gasteiger partial charge in [-0.1, -0.05) is 12.1 Å². The van der Waals surface area contributed by atoms with Crippen molar-refractivity contribution in [3.05, 3.63) is 47.3 Å². The summed E-state index contributed by atoms with van der Waals surface area (Å²) >= 11 is 0. The number of carbonyl (C=O) groups is 1. The fourth-order valence-electron chi connectivity index (χ4n) is 4.94. The molecule has 2 heterocycles. The Morgan fingerprint density at radius 3 is 2.70 bits per heavy atom. The third kappa shape index (κ3) is 3.65. The zero-order valence-corrected chi connectivity index (χ0v) is 16.9. The lowest BCUT2D eigenvalue weighted by molar-refractivity contribution is -0.134. The molecule has 0 unspecified atom stereocenters. The quantitative estimate of drug-likeness (QED) is 0.835. The molecule has 1 aliphatic heterocycles. The second-order valence-electron chi connectivity index (χ2n) is 8.55. The van der Waals surface area contributed by atoms with Crippen LogP contribution in [-0.2, 0) is 11.3 Å². The fraction of sp³-hybridized carbons (Fsp3) is 0.545. The third-order valence-corrected chi connectivity index (χ3v) is 6.41. The van der Waals surface area contributed by atoms with Gasteiger partial charge in [0.25, 0.3) is 0 Å². The molecule has 1 saturated carbocycles. The summed E-state index contributed by atoms with van der Waals surface area (Å²) in [6.07, 6.45) is 3.09. The minimum atomic E-state index is 0.317. The topological polar surface area (TPSA) is 41.4 Å². The molecule has 5 heteroatoms. The summed E-state index contributed by atoms with van der Waals surface area (Å²) in [6.45, 7) is 5.99. The average Bonchev–Trinajstić information content (AvgIpc) is 3.18. The van der Waals surface area contributed by atoms with Crippen LogP contribution in [0.3, 0.4) is 0 Å². The van der Waals surface area contributed by atoms with Gasteiger partial charge in [-0.15, -0.1) is 0 Å². The van der Waals surface area contributed by atoms with Crippen molar-refractivity contribution in [1.29, 1.82) is 0 Å². The SMILES string of the molecule is Cc1cc(C)n(-c2cccc(CN(C)[C@H]3C[C@H]4CC(=O)N(C)C[C@H]4C3)c2)n1. The minimum absolute atomic E-state index is 0.317. The van der Waals surface area contributed by atoms with Crippen LogP contribution in [0.2, 0.25) is 0 Å². The highest BCUT2D eigenvalue weighted by Crippen LogP contribution is 2.40. The third-order valence-electron chi connectivity index (χ3n) is 6.41. The van der Waals surface area contributed by atoms with Gasteiger partial charge in [0.15, 0.2) is 0 Å². The molecule has 1 amide bonds. The molecule has 2 aromatic rings. The van der Waals surface area contributed by atoms with Crippen LogP contribution < -0.4 is 0 Å². The van der Waals surface area contributed by atoms with Crippen LogP contribution in [0.25, 0.3) is 5.69 Å². The highest BCUT2D eigenvalue weighted by molar-refractivity contribution is 5.77. The van der Waals surface area contributed by atoms with Gasteiger partial charge in [0.1, 0.15) is 0 Å². The van der Waals surface area contributed by atoms with Crippen molar-refractivity contribution < 1.29 is 4.79 Å². The van der Waals surface area contributed by atoms with Crippen LogP contribution >= 0.6 is 0 Å². The van der Waals surface area contributed by atoms with Crippen molar-refractivity contribution >= 4 is 5.91 Å². The first-order chi connectivity index (χ1) is 12.9. The maximum Gasteiger partial charge on any atom is 0.222 e. The monoisotopic (exact) mass is 366 g/mol. The highest BCUT2D eigenvalue weighted by atomic mass is 16.2. The normalized spacial score (nSPS) is 25.3. The first kappa shape index (κ1) is 18.2. The first-order valence-corrected chi connectivity index (χ1v) is 9.97. The van der Waals surface area contributed by atoms with Gasteiger partial charge in [-0.25, -0.2) is 4.68 Å². The summed E-state index contributed by atoms with van der Waals surface area (Å²) in [5, 5.41) is 4.61. The maximum absolute atomic E-state index is 12.0. The van der Waals surface area contributed by atoms with E-state index in [0.29, 0.717) is 23.8 Å². The van der Waals surface area contributed by atoms with Crippen molar-refractivity contribution in [3.8, 4) is 5.69 Å². The standard InChI is InChI=1S/C22H30N4O/c1-15-8-16(2)26(23-15)20-7-5-6-17(9-20)13-24(3)21-10-18-12-22(27)25(4)14-19(18)11-21/h5-9,18-19,21H,10-14H2,1-4H3/t18-,19+,21-/m0/s1. The van der Waals surface area contributed by atoms with Gasteiger partial charge in [-0.3, -0.25) is 9.69 Å². The molecule has 1 saturated heterocycles. The van der Waals surface area contributed by atoms with Gasteiger partial charge in [-0.2, -0.15) is 5.10 Å². The number of nitrogens with zero attached hydrogens (tertiary/aromatic N) is 4. The summed E-state index contributed by atoms with van der Waals surface area (Å²) in [5.41, 5.74) is 4.64. The van der Waals surface area contributed by atoms with Crippen LogP contribution in [0.5, 0.6) is 0 Å². The molecule has 0 radical (unpaired) electrons. The molecular weight excluding hydrogens is 336 g/mol. The van der Waals surface area contributed by atoms with E-state index in [2.05, 4.69) is 54.3 Å². The number of likely N-dealkylation sites (tertiary alicyclic amines) is 1. The molecule has 144 valence electrons. The van der Waals surface area contributed by atoms with Gasteiger partial charge < -0.3 is 4.90 Å². The van der Waals surface area contributed by atoms with Crippen molar-refractivity contribution in [3.63, 3.8) is 0 Å². The number of hydrogen-bond donors (Lipinski definition) is 0. The Labute approximate surface area is 162 Å². The van der Waals surface area contributed by atoms with Crippen molar-refractivity contribution in [2.75, 3.05) is 20.6 Å². The van der Waals surface area contributed by atoms with E-state index in [1.54, 1.807) is 0 Å². The predicted molar refractivity (Wildman–Crippen MR) is 107 cm³/mol. The number of aromatic nitrogens is 2. The molecule has 0 N–H and O–H groups in total. The zero-order valence-electron chi connectivity index (χ0n) is 16.9. The summed E-state index contributed by atoms with van der Waals surface area (Å²) in [6, 6.07) is 11.4. The molecule has 2 fully saturated rings. The van der Waals surface area contributed by atoms with Crippen molar-refractivity contribution in [1.82, 2.24) is 19.6 Å². The Hall–Kier alpha value is -2.14. The second-order valence-corrected chi connectivity index (χ2v) is 8.55. The number of amides is 1. The first-order valence-electron chi connectivity index (χ1n) is 9.97. The van der Waals surface area contributed by atoms with Crippen LogP contribution in [0.4, 0.5) is 0 Å². The van der Waals surface area contributed by atoms with Crippen molar-refractivity contribution in [2.45, 2.75) is 45.7 Å². The average molecular weight is 367 g/mol. The molecule has 1 aliphatic carbocycles. The Morgan fingerprint density at radius 2 is 1.96 bits per heavy atom. The molecule has 4 rings (SSSR count). The summed E-state index contributed by atoms with van der Waals surface area (Å²) in [4.78, 5) is 16.4. The van der Waals surface area contributed by atoms with E-state index < -0.39 is 0 Å². The molecular formula is C22H30N4O.